The third kappa shape index (κ3) is 5.61. The van der Waals surface area contributed by atoms with Crippen molar-refractivity contribution in [3.05, 3.63) is 94.3 Å². The molecule has 0 unspecified atom stereocenters. The molecule has 0 radical (unpaired) electrons. The van der Waals surface area contributed by atoms with Gasteiger partial charge in [-0.05, 0) is 78.8 Å². The summed E-state index contributed by atoms with van der Waals surface area (Å²) in [6.45, 7) is 4.07. The van der Waals surface area contributed by atoms with Gasteiger partial charge >= 0.3 is 5.97 Å². The maximum Gasteiger partial charge on any atom is 0.341 e. The second-order valence-corrected chi connectivity index (χ2v) is 9.32. The molecule has 0 saturated heterocycles. The Bertz CT molecular complexity index is 1180. The number of hydrogen-bond donors (Lipinski definition) is 0. The summed E-state index contributed by atoms with van der Waals surface area (Å²) >= 11 is 0. The SMILES string of the molecule is CCCc1ccc(-c2ccc(C(=O)OC3CCC(c4ccc(CC)cc4F)CC3)c(F)c2F)cc1. The van der Waals surface area contributed by atoms with Gasteiger partial charge in [0.25, 0.3) is 0 Å². The number of carbonyl (C=O) groups excluding carboxylic acids is 1. The molecule has 0 N–H and O–H groups in total. The first-order chi connectivity index (χ1) is 16.9. The van der Waals surface area contributed by atoms with Gasteiger partial charge in [0.1, 0.15) is 11.9 Å². The first-order valence-electron chi connectivity index (χ1n) is 12.5. The van der Waals surface area contributed by atoms with E-state index >= 15 is 0 Å². The summed E-state index contributed by atoms with van der Waals surface area (Å²) in [5.41, 5.74) is 3.04. The molecule has 0 amide bonds. The molecular weight excluding hydrogens is 449 g/mol. The highest BCUT2D eigenvalue weighted by Crippen LogP contribution is 2.36. The Balaban J connectivity index is 1.40. The lowest BCUT2D eigenvalue weighted by molar-refractivity contribution is 0.0188. The zero-order valence-electron chi connectivity index (χ0n) is 20.3. The predicted octanol–water partition coefficient (Wildman–Crippen LogP) is 8.17. The van der Waals surface area contributed by atoms with Crippen LogP contribution in [0.4, 0.5) is 13.2 Å². The molecule has 3 aromatic carbocycles. The summed E-state index contributed by atoms with van der Waals surface area (Å²) in [6, 6.07) is 15.4. The van der Waals surface area contributed by atoms with Crippen LogP contribution in [-0.2, 0) is 17.6 Å². The number of esters is 1. The van der Waals surface area contributed by atoms with Gasteiger partial charge in [-0.15, -0.1) is 0 Å². The molecule has 1 aliphatic carbocycles. The highest BCUT2D eigenvalue weighted by molar-refractivity contribution is 5.90. The van der Waals surface area contributed by atoms with Crippen molar-refractivity contribution in [1.82, 2.24) is 0 Å². The maximum atomic E-state index is 14.8. The standard InChI is InChI=1S/C30H31F3O2/c1-3-5-20-6-9-22(10-7-20)25-16-17-26(29(33)28(25)32)30(34)35-23-13-11-21(12-14-23)24-15-8-19(4-2)18-27(24)31/h6-10,15-18,21,23H,3-5,11-14H2,1-2H3. The Hall–Kier alpha value is -3.08. The van der Waals surface area contributed by atoms with Crippen LogP contribution >= 0.6 is 0 Å². The smallest absolute Gasteiger partial charge is 0.341 e. The Morgan fingerprint density at radius 2 is 1.54 bits per heavy atom. The van der Waals surface area contributed by atoms with Gasteiger partial charge in [0.15, 0.2) is 11.6 Å². The molecule has 184 valence electrons. The molecule has 0 aliphatic heterocycles. The molecular formula is C30H31F3O2. The molecule has 0 aromatic heterocycles. The summed E-state index contributed by atoms with van der Waals surface area (Å²) in [7, 11) is 0. The van der Waals surface area contributed by atoms with Gasteiger partial charge in [-0.1, -0.05) is 62.7 Å². The summed E-state index contributed by atoms with van der Waals surface area (Å²) in [5.74, 6) is -3.25. The Morgan fingerprint density at radius 1 is 0.857 bits per heavy atom. The van der Waals surface area contributed by atoms with Crippen molar-refractivity contribution in [3.8, 4) is 11.1 Å². The molecule has 0 bridgehead atoms. The van der Waals surface area contributed by atoms with E-state index in [0.717, 1.165) is 30.4 Å². The third-order valence-corrected chi connectivity index (χ3v) is 6.97. The quantitative estimate of drug-likeness (QED) is 0.319. The molecule has 3 aromatic rings. The van der Waals surface area contributed by atoms with E-state index < -0.39 is 29.3 Å². The zero-order chi connectivity index (χ0) is 24.9. The van der Waals surface area contributed by atoms with Gasteiger partial charge in [-0.2, -0.15) is 0 Å². The van der Waals surface area contributed by atoms with Crippen molar-refractivity contribution >= 4 is 5.97 Å². The third-order valence-electron chi connectivity index (χ3n) is 6.97. The lowest BCUT2D eigenvalue weighted by Gasteiger charge is -2.29. The topological polar surface area (TPSA) is 26.3 Å². The molecule has 1 aliphatic rings. The van der Waals surface area contributed by atoms with Gasteiger partial charge in [0, 0.05) is 5.56 Å². The second kappa shape index (κ2) is 11.1. The van der Waals surface area contributed by atoms with Gasteiger partial charge in [-0.25, -0.2) is 18.0 Å². The molecule has 1 saturated carbocycles. The molecule has 0 heterocycles. The fourth-order valence-electron chi connectivity index (χ4n) is 4.90. The largest absolute Gasteiger partial charge is 0.459 e. The zero-order valence-corrected chi connectivity index (χ0v) is 20.3. The van der Waals surface area contributed by atoms with Gasteiger partial charge in [0.2, 0.25) is 0 Å². The molecule has 5 heteroatoms. The van der Waals surface area contributed by atoms with Gasteiger partial charge < -0.3 is 4.74 Å². The average molecular weight is 481 g/mol. The molecule has 2 nitrogen and oxygen atoms in total. The summed E-state index contributed by atoms with van der Waals surface area (Å²) in [4.78, 5) is 12.6. The minimum Gasteiger partial charge on any atom is -0.459 e. The molecule has 0 atom stereocenters. The van der Waals surface area contributed by atoms with E-state index in [2.05, 4.69) is 6.92 Å². The monoisotopic (exact) mass is 480 g/mol. The van der Waals surface area contributed by atoms with E-state index in [0.29, 0.717) is 36.8 Å². The van der Waals surface area contributed by atoms with Crippen molar-refractivity contribution in [2.45, 2.75) is 70.8 Å². The number of ether oxygens (including phenoxy) is 1. The Morgan fingerprint density at radius 3 is 2.17 bits per heavy atom. The van der Waals surface area contributed by atoms with Crippen molar-refractivity contribution in [2.24, 2.45) is 0 Å². The molecule has 4 rings (SSSR count). The molecule has 35 heavy (non-hydrogen) atoms. The van der Waals surface area contributed by atoms with E-state index in [1.54, 1.807) is 18.2 Å². The highest BCUT2D eigenvalue weighted by atomic mass is 19.2. The van der Waals surface area contributed by atoms with Crippen molar-refractivity contribution in [3.63, 3.8) is 0 Å². The van der Waals surface area contributed by atoms with Crippen LogP contribution < -0.4 is 0 Å². The van der Waals surface area contributed by atoms with Crippen LogP contribution in [0.25, 0.3) is 11.1 Å². The summed E-state index contributed by atoms with van der Waals surface area (Å²) in [5, 5.41) is 0. The normalized spacial score (nSPS) is 17.9. The Labute approximate surface area is 205 Å². The number of carbonyl (C=O) groups is 1. The average Bonchev–Trinajstić information content (AvgIpc) is 2.87. The number of hydrogen-bond acceptors (Lipinski definition) is 2. The van der Waals surface area contributed by atoms with E-state index in [9.17, 15) is 18.0 Å². The highest BCUT2D eigenvalue weighted by Gasteiger charge is 2.28. The minimum absolute atomic E-state index is 0.0630. The van der Waals surface area contributed by atoms with Crippen LogP contribution in [0.15, 0.2) is 54.6 Å². The van der Waals surface area contributed by atoms with Crippen molar-refractivity contribution in [2.75, 3.05) is 0 Å². The lowest BCUT2D eigenvalue weighted by atomic mass is 9.82. The summed E-state index contributed by atoms with van der Waals surface area (Å²) in [6.07, 6.45) is 4.76. The second-order valence-electron chi connectivity index (χ2n) is 9.32. The fourth-order valence-corrected chi connectivity index (χ4v) is 4.90. The van der Waals surface area contributed by atoms with E-state index in [1.807, 2.05) is 31.2 Å². The van der Waals surface area contributed by atoms with Crippen LogP contribution in [0.1, 0.15) is 78.9 Å². The lowest BCUT2D eigenvalue weighted by Crippen LogP contribution is -2.25. The Kier molecular flexibility index (Phi) is 7.94. The first kappa shape index (κ1) is 25.0. The van der Waals surface area contributed by atoms with E-state index in [4.69, 9.17) is 4.74 Å². The van der Waals surface area contributed by atoms with Crippen LogP contribution in [0.2, 0.25) is 0 Å². The molecule has 0 spiro atoms. The van der Waals surface area contributed by atoms with Crippen molar-refractivity contribution in [1.29, 1.82) is 0 Å². The summed E-state index contributed by atoms with van der Waals surface area (Å²) < 4.78 is 49.7. The van der Waals surface area contributed by atoms with Gasteiger partial charge in [-0.3, -0.25) is 0 Å². The number of rotatable bonds is 7. The number of aryl methyl sites for hydroxylation is 2. The van der Waals surface area contributed by atoms with Crippen LogP contribution in [0, 0.1) is 17.5 Å². The van der Waals surface area contributed by atoms with E-state index in [1.165, 1.54) is 12.1 Å². The fraction of sp³-hybridized carbons (Fsp3) is 0.367. The molecule has 1 fully saturated rings. The number of benzene rings is 3. The van der Waals surface area contributed by atoms with Crippen LogP contribution in [-0.4, -0.2) is 12.1 Å². The van der Waals surface area contributed by atoms with Crippen LogP contribution in [0.3, 0.4) is 0 Å². The van der Waals surface area contributed by atoms with E-state index in [-0.39, 0.29) is 17.3 Å². The predicted molar refractivity (Wildman–Crippen MR) is 132 cm³/mol. The van der Waals surface area contributed by atoms with Crippen molar-refractivity contribution < 1.29 is 22.7 Å². The minimum atomic E-state index is -1.20. The van der Waals surface area contributed by atoms with Crippen LogP contribution in [0.5, 0.6) is 0 Å². The maximum absolute atomic E-state index is 14.8. The first-order valence-corrected chi connectivity index (χ1v) is 12.5. The van der Waals surface area contributed by atoms with Gasteiger partial charge in [0.05, 0.1) is 5.56 Å². The number of halogens is 3.